The van der Waals surface area contributed by atoms with Crippen LogP contribution in [-0.4, -0.2) is 26.5 Å². The largest absolute Gasteiger partial charge is 0.309 e. The molecule has 102 valence electrons. The Morgan fingerprint density at radius 3 is 2.11 bits per heavy atom. The Morgan fingerprint density at radius 1 is 1.17 bits per heavy atom. The molecule has 0 saturated carbocycles. The molecule has 0 radical (unpaired) electrons. The van der Waals surface area contributed by atoms with Gasteiger partial charge in [0.05, 0.1) is 5.25 Å². The van der Waals surface area contributed by atoms with Gasteiger partial charge >= 0.3 is 0 Å². The van der Waals surface area contributed by atoms with Crippen LogP contribution in [0.1, 0.15) is 32.4 Å². The number of benzene rings is 1. The number of hydrogen-bond donors (Lipinski definition) is 1. The van der Waals surface area contributed by atoms with Crippen LogP contribution in [0.4, 0.5) is 0 Å². The zero-order chi connectivity index (χ0) is 13.8. The fraction of sp³-hybridized carbons (Fsp3) is 0.571. The summed E-state index contributed by atoms with van der Waals surface area (Å²) in [7, 11) is -3.10. The van der Waals surface area contributed by atoms with Gasteiger partial charge in [-0.3, -0.25) is 0 Å². The molecule has 3 nitrogen and oxygen atoms in total. The molecule has 0 heterocycles. The van der Waals surface area contributed by atoms with Gasteiger partial charge in [-0.15, -0.1) is 0 Å². The molecule has 2 unspecified atom stereocenters. The van der Waals surface area contributed by atoms with Crippen LogP contribution >= 0.6 is 0 Å². The lowest BCUT2D eigenvalue weighted by Gasteiger charge is -2.29. The van der Waals surface area contributed by atoms with Gasteiger partial charge in [0, 0.05) is 12.3 Å². The molecule has 4 heteroatoms. The monoisotopic (exact) mass is 269 g/mol. The highest BCUT2D eigenvalue weighted by molar-refractivity contribution is 7.91. The number of sulfone groups is 1. The minimum atomic E-state index is -3.10. The lowest BCUT2D eigenvalue weighted by atomic mass is 9.96. The first-order valence-corrected chi connectivity index (χ1v) is 8.30. The Balaban J connectivity index is 3.18. The van der Waals surface area contributed by atoms with Crippen LogP contribution in [0.2, 0.25) is 0 Å². The van der Waals surface area contributed by atoms with E-state index in [1.54, 1.807) is 0 Å². The lowest BCUT2D eigenvalue weighted by Crippen LogP contribution is -2.40. The van der Waals surface area contributed by atoms with Gasteiger partial charge in [0.1, 0.15) is 0 Å². The summed E-state index contributed by atoms with van der Waals surface area (Å²) in [6.45, 7) is 6.66. The van der Waals surface area contributed by atoms with Crippen LogP contribution in [0.15, 0.2) is 30.3 Å². The van der Waals surface area contributed by atoms with Crippen molar-refractivity contribution in [3.05, 3.63) is 35.9 Å². The van der Waals surface area contributed by atoms with E-state index < -0.39 is 15.1 Å². The van der Waals surface area contributed by atoms with E-state index in [9.17, 15) is 8.42 Å². The lowest BCUT2D eigenvalue weighted by molar-refractivity contribution is 0.429. The van der Waals surface area contributed by atoms with Crippen molar-refractivity contribution in [2.75, 3.05) is 12.8 Å². The van der Waals surface area contributed by atoms with Crippen LogP contribution in [-0.2, 0) is 9.84 Å². The maximum absolute atomic E-state index is 12.0. The Morgan fingerprint density at radius 2 is 1.72 bits per heavy atom. The fourth-order valence-corrected chi connectivity index (χ4v) is 4.17. The van der Waals surface area contributed by atoms with Crippen molar-refractivity contribution >= 4 is 9.84 Å². The molecule has 0 bridgehead atoms. The Labute approximate surface area is 111 Å². The van der Waals surface area contributed by atoms with Gasteiger partial charge in [-0.05, 0) is 18.0 Å². The Kier molecular flexibility index (Phi) is 5.35. The van der Waals surface area contributed by atoms with Crippen LogP contribution < -0.4 is 5.32 Å². The van der Waals surface area contributed by atoms with Crippen LogP contribution in [0.5, 0.6) is 0 Å². The number of nitrogens with one attached hydrogen (secondary N) is 1. The zero-order valence-electron chi connectivity index (χ0n) is 11.6. The minimum Gasteiger partial charge on any atom is -0.309 e. The van der Waals surface area contributed by atoms with Crippen molar-refractivity contribution < 1.29 is 8.42 Å². The average molecular weight is 269 g/mol. The third kappa shape index (κ3) is 3.82. The van der Waals surface area contributed by atoms with Gasteiger partial charge in [0.2, 0.25) is 0 Å². The molecule has 0 spiro atoms. The highest BCUT2D eigenvalue weighted by Crippen LogP contribution is 2.27. The van der Waals surface area contributed by atoms with E-state index in [2.05, 4.69) is 5.32 Å². The van der Waals surface area contributed by atoms with Crippen LogP contribution in [0.25, 0.3) is 0 Å². The van der Waals surface area contributed by atoms with Gasteiger partial charge in [-0.2, -0.15) is 0 Å². The molecule has 0 aliphatic rings. The van der Waals surface area contributed by atoms with E-state index in [-0.39, 0.29) is 12.0 Å². The first-order chi connectivity index (χ1) is 8.38. The van der Waals surface area contributed by atoms with E-state index in [0.29, 0.717) is 0 Å². The van der Waals surface area contributed by atoms with Crippen molar-refractivity contribution in [2.24, 2.45) is 5.92 Å². The molecule has 0 saturated heterocycles. The van der Waals surface area contributed by atoms with Gasteiger partial charge < -0.3 is 5.32 Å². The Hall–Kier alpha value is -0.870. The third-order valence-corrected chi connectivity index (χ3v) is 4.87. The molecule has 0 aliphatic heterocycles. The molecule has 0 aliphatic carbocycles. The minimum absolute atomic E-state index is 0.0734. The predicted molar refractivity (Wildman–Crippen MR) is 76.3 cm³/mol. The summed E-state index contributed by atoms with van der Waals surface area (Å²) in [5.41, 5.74) is 1.03. The van der Waals surface area contributed by atoms with E-state index in [0.717, 1.165) is 12.1 Å². The molecule has 2 atom stereocenters. The molecule has 18 heavy (non-hydrogen) atoms. The molecular weight excluding hydrogens is 246 g/mol. The van der Waals surface area contributed by atoms with Gasteiger partial charge in [0.15, 0.2) is 9.84 Å². The van der Waals surface area contributed by atoms with E-state index in [4.69, 9.17) is 0 Å². The SMILES string of the molecule is CCNC(c1ccccc1)C(C(C)C)S(C)(=O)=O. The summed E-state index contributed by atoms with van der Waals surface area (Å²) >= 11 is 0. The van der Waals surface area contributed by atoms with E-state index in [1.807, 2.05) is 51.1 Å². The van der Waals surface area contributed by atoms with Crippen molar-refractivity contribution in [1.29, 1.82) is 0 Å². The number of hydrogen-bond acceptors (Lipinski definition) is 3. The molecule has 0 fully saturated rings. The quantitative estimate of drug-likeness (QED) is 0.862. The van der Waals surface area contributed by atoms with Gasteiger partial charge in [0.25, 0.3) is 0 Å². The summed E-state index contributed by atoms with van der Waals surface area (Å²) in [6.07, 6.45) is 1.32. The predicted octanol–water partition coefficient (Wildman–Crippen LogP) is 2.41. The standard InChI is InChI=1S/C14H23NO2S/c1-5-15-13(12-9-7-6-8-10-12)14(11(2)3)18(4,16)17/h6-11,13-15H,5H2,1-4H3. The zero-order valence-corrected chi connectivity index (χ0v) is 12.4. The summed E-state index contributed by atoms with van der Waals surface area (Å²) in [5.74, 6) is 0.0734. The smallest absolute Gasteiger partial charge is 0.152 e. The first-order valence-electron chi connectivity index (χ1n) is 6.35. The summed E-state index contributed by atoms with van der Waals surface area (Å²) < 4.78 is 24.0. The molecule has 1 N–H and O–H groups in total. The summed E-state index contributed by atoms with van der Waals surface area (Å²) in [4.78, 5) is 0. The molecule has 1 rings (SSSR count). The summed E-state index contributed by atoms with van der Waals surface area (Å²) in [5, 5.41) is 2.90. The molecular formula is C14H23NO2S. The van der Waals surface area contributed by atoms with Crippen LogP contribution in [0, 0.1) is 5.92 Å². The molecule has 0 amide bonds. The highest BCUT2D eigenvalue weighted by Gasteiger charge is 2.33. The highest BCUT2D eigenvalue weighted by atomic mass is 32.2. The van der Waals surface area contributed by atoms with Crippen LogP contribution in [0.3, 0.4) is 0 Å². The first kappa shape index (κ1) is 15.2. The van der Waals surface area contributed by atoms with Gasteiger partial charge in [-0.1, -0.05) is 51.1 Å². The van der Waals surface area contributed by atoms with E-state index in [1.165, 1.54) is 6.26 Å². The molecule has 1 aromatic rings. The fourth-order valence-electron chi connectivity index (χ4n) is 2.43. The van der Waals surface area contributed by atoms with Crippen molar-refractivity contribution in [1.82, 2.24) is 5.32 Å². The molecule has 1 aromatic carbocycles. The van der Waals surface area contributed by atoms with Crippen molar-refractivity contribution in [2.45, 2.75) is 32.1 Å². The maximum atomic E-state index is 12.0. The third-order valence-electron chi connectivity index (χ3n) is 3.06. The average Bonchev–Trinajstić information content (AvgIpc) is 2.27. The second kappa shape index (κ2) is 6.34. The Bertz CT molecular complexity index is 454. The van der Waals surface area contributed by atoms with E-state index >= 15 is 0 Å². The summed E-state index contributed by atoms with van der Waals surface area (Å²) in [6, 6.07) is 9.64. The van der Waals surface area contributed by atoms with Crippen molar-refractivity contribution in [3.8, 4) is 0 Å². The normalized spacial score (nSPS) is 15.6. The maximum Gasteiger partial charge on any atom is 0.152 e. The second-order valence-electron chi connectivity index (χ2n) is 4.98. The number of rotatable bonds is 6. The second-order valence-corrected chi connectivity index (χ2v) is 7.19. The van der Waals surface area contributed by atoms with Crippen molar-refractivity contribution in [3.63, 3.8) is 0 Å². The molecule has 0 aromatic heterocycles. The topological polar surface area (TPSA) is 46.2 Å². The van der Waals surface area contributed by atoms with Gasteiger partial charge in [-0.25, -0.2) is 8.42 Å².